The Morgan fingerprint density at radius 1 is 1.07 bits per heavy atom. The average Bonchev–Trinajstić information content (AvgIpc) is 2.99. The van der Waals surface area contributed by atoms with Crippen molar-refractivity contribution in [1.29, 1.82) is 0 Å². The summed E-state index contributed by atoms with van der Waals surface area (Å²) in [5.41, 5.74) is 0.168. The summed E-state index contributed by atoms with van der Waals surface area (Å²) in [4.78, 5) is 33.5. The highest BCUT2D eigenvalue weighted by Crippen LogP contribution is 2.27. The number of alkyl halides is 3. The lowest BCUT2D eigenvalue weighted by Crippen LogP contribution is -2.43. The summed E-state index contributed by atoms with van der Waals surface area (Å²) in [6.07, 6.45) is -3.19. The zero-order chi connectivity index (χ0) is 31.2. The van der Waals surface area contributed by atoms with Crippen LogP contribution in [0.2, 0.25) is 0 Å². The fourth-order valence-electron chi connectivity index (χ4n) is 4.28. The van der Waals surface area contributed by atoms with Crippen LogP contribution in [0.25, 0.3) is 0 Å². The highest BCUT2D eigenvalue weighted by Gasteiger charge is 2.44. The lowest BCUT2D eigenvalue weighted by molar-refractivity contribution is -0.199. The third kappa shape index (κ3) is 8.30. The van der Waals surface area contributed by atoms with Crippen LogP contribution in [0.4, 0.5) is 18.9 Å². The summed E-state index contributed by atoms with van der Waals surface area (Å²) in [5, 5.41) is 0.170. The van der Waals surface area contributed by atoms with Crippen LogP contribution in [-0.2, 0) is 31.0 Å². The highest BCUT2D eigenvalue weighted by molar-refractivity contribution is 7.89. The van der Waals surface area contributed by atoms with Crippen molar-refractivity contribution in [2.75, 3.05) is 18.2 Å². The molecule has 1 fully saturated rings. The molecule has 0 N–H and O–H groups in total. The second kappa shape index (κ2) is 13.5. The molecule has 10 nitrogen and oxygen atoms in total. The van der Waals surface area contributed by atoms with Gasteiger partial charge in [0.1, 0.15) is 5.75 Å². The molecule has 1 atom stereocenters. The molecule has 0 saturated carbocycles. The number of ether oxygens (including phenoxy) is 2. The van der Waals surface area contributed by atoms with Crippen LogP contribution in [-0.4, -0.2) is 61.1 Å². The predicted octanol–water partition coefficient (Wildman–Crippen LogP) is 4.91. The van der Waals surface area contributed by atoms with Gasteiger partial charge in [0.05, 0.1) is 35.1 Å². The van der Waals surface area contributed by atoms with E-state index in [9.17, 15) is 31.2 Å². The van der Waals surface area contributed by atoms with Gasteiger partial charge >= 0.3 is 12.1 Å². The minimum Gasteiger partial charge on any atom is -0.491 e. The standard InChI is InChI=1S/C29H30F3N3O7S/c1-20(2)41-24-13-11-23(12-14-24)35(42-28(37)29(30,31)32)27(36)21-7-5-10-26(17-21)43(38,39)34-16-6-9-25(18-34)40-19-22-8-3-4-15-33-22/h3-5,7-8,10-15,17,20,25H,6,9,16,18-19H2,1-2H3. The monoisotopic (exact) mass is 621 g/mol. The number of benzene rings is 2. The van der Waals surface area contributed by atoms with Crippen LogP contribution < -0.4 is 9.80 Å². The summed E-state index contributed by atoms with van der Waals surface area (Å²) >= 11 is 0. The Kier molecular flexibility index (Phi) is 10.0. The molecule has 1 amide bonds. The molecule has 14 heteroatoms. The quantitative estimate of drug-likeness (QED) is 0.310. The average molecular weight is 622 g/mol. The Morgan fingerprint density at radius 3 is 2.47 bits per heavy atom. The Bertz CT molecular complexity index is 1520. The van der Waals surface area contributed by atoms with Crippen LogP contribution in [0, 0.1) is 0 Å². The number of carbonyl (C=O) groups excluding carboxylic acids is 2. The van der Waals surface area contributed by atoms with E-state index in [1.165, 1.54) is 46.8 Å². The summed E-state index contributed by atoms with van der Waals surface area (Å²) in [7, 11) is -4.13. The van der Waals surface area contributed by atoms with Crippen LogP contribution in [0.3, 0.4) is 0 Å². The van der Waals surface area contributed by atoms with Crippen LogP contribution in [0.15, 0.2) is 77.8 Å². The summed E-state index contributed by atoms with van der Waals surface area (Å²) < 4.78 is 78.9. The number of amides is 1. The third-order valence-corrected chi connectivity index (χ3v) is 8.15. The smallest absolute Gasteiger partial charge is 0.491 e. The van der Waals surface area contributed by atoms with Gasteiger partial charge in [-0.2, -0.15) is 17.5 Å². The summed E-state index contributed by atoms with van der Waals surface area (Å²) in [6.45, 7) is 4.03. The molecule has 2 heterocycles. The number of piperidine rings is 1. The number of rotatable bonds is 9. The Balaban J connectivity index is 1.55. The van der Waals surface area contributed by atoms with E-state index in [4.69, 9.17) is 9.47 Å². The Hall–Kier alpha value is -4.01. The fraction of sp³-hybridized carbons (Fsp3) is 0.345. The van der Waals surface area contributed by atoms with E-state index in [1.54, 1.807) is 32.2 Å². The maximum absolute atomic E-state index is 13.5. The van der Waals surface area contributed by atoms with Crippen LogP contribution >= 0.6 is 0 Å². The van der Waals surface area contributed by atoms with Crippen molar-refractivity contribution in [2.24, 2.45) is 0 Å². The molecule has 1 aliphatic heterocycles. The first-order valence-corrected chi connectivity index (χ1v) is 14.8. The van der Waals surface area contributed by atoms with E-state index < -0.39 is 34.2 Å². The van der Waals surface area contributed by atoms with Crippen molar-refractivity contribution < 1.29 is 45.5 Å². The second-order valence-electron chi connectivity index (χ2n) is 9.92. The second-order valence-corrected chi connectivity index (χ2v) is 11.9. The SMILES string of the molecule is CC(C)Oc1ccc(N(OC(=O)C(F)(F)F)C(=O)c2cccc(S(=O)(=O)N3CCCC(OCc4ccccn4)C3)c2)cc1. The zero-order valence-electron chi connectivity index (χ0n) is 23.4. The van der Waals surface area contributed by atoms with Crippen molar-refractivity contribution in [3.05, 3.63) is 84.2 Å². The minimum absolute atomic E-state index is 0.0630. The Labute approximate surface area is 247 Å². The van der Waals surface area contributed by atoms with Gasteiger partial charge in [-0.25, -0.2) is 13.2 Å². The first kappa shape index (κ1) is 31.9. The number of hydrogen-bond donors (Lipinski definition) is 0. The van der Waals surface area contributed by atoms with Gasteiger partial charge in [-0.05, 0) is 81.3 Å². The van der Waals surface area contributed by atoms with Crippen LogP contribution in [0.1, 0.15) is 42.7 Å². The molecule has 3 aromatic rings. The lowest BCUT2D eigenvalue weighted by Gasteiger charge is -2.32. The van der Waals surface area contributed by atoms with E-state index in [0.29, 0.717) is 24.3 Å². The number of carbonyl (C=O) groups is 2. The molecule has 43 heavy (non-hydrogen) atoms. The molecular weight excluding hydrogens is 591 g/mol. The number of halogens is 3. The van der Waals surface area contributed by atoms with Crippen molar-refractivity contribution in [2.45, 2.75) is 56.6 Å². The number of sulfonamides is 1. The number of pyridine rings is 1. The van der Waals surface area contributed by atoms with E-state index in [-0.39, 0.29) is 47.0 Å². The van der Waals surface area contributed by atoms with Gasteiger partial charge in [0.2, 0.25) is 10.0 Å². The molecule has 0 aliphatic carbocycles. The summed E-state index contributed by atoms with van der Waals surface area (Å²) in [6, 6.07) is 15.4. The Morgan fingerprint density at radius 2 is 1.81 bits per heavy atom. The van der Waals surface area contributed by atoms with Crippen LogP contribution in [0.5, 0.6) is 5.75 Å². The largest absolute Gasteiger partial charge is 0.493 e. The lowest BCUT2D eigenvalue weighted by atomic mass is 10.1. The highest BCUT2D eigenvalue weighted by atomic mass is 32.2. The molecule has 2 aromatic carbocycles. The number of aromatic nitrogens is 1. The summed E-state index contributed by atoms with van der Waals surface area (Å²) in [5.74, 6) is -3.45. The molecule has 4 rings (SSSR count). The van der Waals surface area contributed by atoms with Crippen molar-refractivity contribution in [3.8, 4) is 5.75 Å². The van der Waals surface area contributed by atoms with Crippen molar-refractivity contribution in [3.63, 3.8) is 0 Å². The van der Waals surface area contributed by atoms with Gasteiger partial charge in [-0.15, -0.1) is 5.06 Å². The van der Waals surface area contributed by atoms with E-state index in [1.807, 2.05) is 6.07 Å². The number of nitrogens with zero attached hydrogens (tertiary/aromatic N) is 3. The van der Waals surface area contributed by atoms with Gasteiger partial charge < -0.3 is 14.3 Å². The number of hydroxylamine groups is 1. The van der Waals surface area contributed by atoms with Crippen molar-refractivity contribution >= 4 is 27.6 Å². The van der Waals surface area contributed by atoms with Gasteiger partial charge in [-0.3, -0.25) is 9.78 Å². The van der Waals surface area contributed by atoms with E-state index >= 15 is 0 Å². The topological polar surface area (TPSA) is 115 Å². The number of anilines is 1. The van der Waals surface area contributed by atoms with Gasteiger partial charge in [-0.1, -0.05) is 12.1 Å². The molecule has 230 valence electrons. The predicted molar refractivity (Wildman–Crippen MR) is 148 cm³/mol. The maximum Gasteiger partial charge on any atom is 0.493 e. The van der Waals surface area contributed by atoms with Gasteiger partial charge in [0, 0.05) is 24.8 Å². The molecular formula is C29H30F3N3O7S. The van der Waals surface area contributed by atoms with Gasteiger partial charge in [0.25, 0.3) is 5.91 Å². The molecule has 1 saturated heterocycles. The first-order valence-electron chi connectivity index (χ1n) is 13.4. The fourth-order valence-corrected chi connectivity index (χ4v) is 5.84. The molecule has 0 radical (unpaired) electrons. The molecule has 1 unspecified atom stereocenters. The maximum atomic E-state index is 13.5. The van der Waals surface area contributed by atoms with Gasteiger partial charge in [0.15, 0.2) is 0 Å². The molecule has 1 aromatic heterocycles. The zero-order valence-corrected chi connectivity index (χ0v) is 24.2. The normalized spacial score (nSPS) is 16.1. The number of hydrogen-bond acceptors (Lipinski definition) is 8. The van der Waals surface area contributed by atoms with E-state index in [0.717, 1.165) is 6.07 Å². The minimum atomic E-state index is -5.39. The molecule has 0 bridgehead atoms. The van der Waals surface area contributed by atoms with Crippen molar-refractivity contribution in [1.82, 2.24) is 9.29 Å². The molecule has 0 spiro atoms. The first-order chi connectivity index (χ1) is 20.3. The van der Waals surface area contributed by atoms with E-state index in [2.05, 4.69) is 9.82 Å². The third-order valence-electron chi connectivity index (χ3n) is 6.29. The molecule has 1 aliphatic rings.